The van der Waals surface area contributed by atoms with Crippen LogP contribution in [-0.2, 0) is 0 Å². The van der Waals surface area contributed by atoms with Crippen LogP contribution < -0.4 is 15.8 Å². The third-order valence-corrected chi connectivity index (χ3v) is 2.50. The number of anilines is 1. The molecule has 2 N–H and O–H groups in total. The Labute approximate surface area is 96.6 Å². The minimum Gasteiger partial charge on any atom is -0.372 e. The maximum atomic E-state index is 11.5. The smallest absolute Gasteiger partial charge is 0.265 e. The van der Waals surface area contributed by atoms with Crippen LogP contribution in [0, 0.1) is 0 Å². The van der Waals surface area contributed by atoms with Crippen molar-refractivity contribution >= 4 is 11.6 Å². The molecule has 0 saturated carbocycles. The fourth-order valence-electron chi connectivity index (χ4n) is 1.60. The summed E-state index contributed by atoms with van der Waals surface area (Å²) < 4.78 is 0. The van der Waals surface area contributed by atoms with Crippen LogP contribution in [0.15, 0.2) is 24.3 Å². The van der Waals surface area contributed by atoms with E-state index in [9.17, 15) is 4.79 Å². The van der Waals surface area contributed by atoms with E-state index in [1.165, 1.54) is 0 Å². The molecule has 4 nitrogen and oxygen atoms in total. The summed E-state index contributed by atoms with van der Waals surface area (Å²) in [6.45, 7) is 6.17. The van der Waals surface area contributed by atoms with Crippen molar-refractivity contribution in [2.24, 2.45) is 0 Å². The van der Waals surface area contributed by atoms with Crippen LogP contribution in [0.25, 0.3) is 0 Å². The molecular formula is C12H19N3O. The zero-order valence-corrected chi connectivity index (χ0v) is 10.1. The van der Waals surface area contributed by atoms with Crippen molar-refractivity contribution in [2.75, 3.05) is 25.0 Å². The first kappa shape index (κ1) is 12.5. The van der Waals surface area contributed by atoms with Gasteiger partial charge in [0.05, 0.1) is 0 Å². The van der Waals surface area contributed by atoms with E-state index in [1.54, 1.807) is 7.05 Å². The van der Waals surface area contributed by atoms with Crippen LogP contribution in [0.4, 0.5) is 5.69 Å². The highest BCUT2D eigenvalue weighted by Crippen LogP contribution is 2.14. The molecule has 0 aromatic heterocycles. The molecule has 1 amide bonds. The van der Waals surface area contributed by atoms with Gasteiger partial charge >= 0.3 is 0 Å². The van der Waals surface area contributed by atoms with E-state index in [0.717, 1.165) is 18.8 Å². The Kier molecular flexibility index (Phi) is 4.79. The molecule has 0 heterocycles. The molecule has 0 aliphatic heterocycles. The van der Waals surface area contributed by atoms with Crippen LogP contribution in [-0.4, -0.2) is 26.0 Å². The summed E-state index contributed by atoms with van der Waals surface area (Å²) in [7, 11) is 1.67. The summed E-state index contributed by atoms with van der Waals surface area (Å²) in [6, 6.07) is 7.61. The minimum atomic E-state index is -0.117. The van der Waals surface area contributed by atoms with Crippen LogP contribution in [0.5, 0.6) is 0 Å². The van der Waals surface area contributed by atoms with Gasteiger partial charge in [0.2, 0.25) is 0 Å². The van der Waals surface area contributed by atoms with Gasteiger partial charge in [-0.1, -0.05) is 0 Å². The third kappa shape index (κ3) is 2.97. The van der Waals surface area contributed by atoms with Crippen molar-refractivity contribution in [1.29, 1.82) is 0 Å². The van der Waals surface area contributed by atoms with Gasteiger partial charge in [0.25, 0.3) is 5.91 Å². The number of rotatable bonds is 5. The van der Waals surface area contributed by atoms with Crippen LogP contribution >= 0.6 is 0 Å². The van der Waals surface area contributed by atoms with E-state index in [1.807, 2.05) is 24.3 Å². The Morgan fingerprint density at radius 1 is 1.19 bits per heavy atom. The highest BCUT2D eigenvalue weighted by atomic mass is 16.2. The molecule has 0 radical (unpaired) electrons. The Morgan fingerprint density at radius 2 is 1.75 bits per heavy atom. The lowest BCUT2D eigenvalue weighted by Gasteiger charge is -2.20. The van der Waals surface area contributed by atoms with Gasteiger partial charge < -0.3 is 4.90 Å². The van der Waals surface area contributed by atoms with Crippen molar-refractivity contribution in [3.8, 4) is 0 Å². The highest BCUT2D eigenvalue weighted by molar-refractivity contribution is 5.94. The van der Waals surface area contributed by atoms with Gasteiger partial charge in [0, 0.05) is 31.4 Å². The number of hydrogen-bond acceptors (Lipinski definition) is 3. The van der Waals surface area contributed by atoms with Crippen LogP contribution in [0.1, 0.15) is 24.2 Å². The van der Waals surface area contributed by atoms with Crippen molar-refractivity contribution in [1.82, 2.24) is 10.9 Å². The Hall–Kier alpha value is -1.55. The van der Waals surface area contributed by atoms with E-state index in [2.05, 4.69) is 29.6 Å². The maximum absolute atomic E-state index is 11.5. The number of carbonyl (C=O) groups is 1. The minimum absolute atomic E-state index is 0.117. The first-order valence-electron chi connectivity index (χ1n) is 5.55. The van der Waals surface area contributed by atoms with Gasteiger partial charge in [-0.15, -0.1) is 0 Å². The molecule has 0 aliphatic carbocycles. The summed E-state index contributed by atoms with van der Waals surface area (Å²) in [4.78, 5) is 13.7. The molecule has 0 spiro atoms. The summed E-state index contributed by atoms with van der Waals surface area (Å²) in [6.07, 6.45) is 0. The second-order valence-corrected chi connectivity index (χ2v) is 3.42. The molecule has 88 valence electrons. The fourth-order valence-corrected chi connectivity index (χ4v) is 1.60. The van der Waals surface area contributed by atoms with Crippen LogP contribution in [0.2, 0.25) is 0 Å². The second-order valence-electron chi connectivity index (χ2n) is 3.42. The maximum Gasteiger partial charge on any atom is 0.265 e. The second kappa shape index (κ2) is 6.12. The molecular weight excluding hydrogens is 202 g/mol. The molecule has 16 heavy (non-hydrogen) atoms. The van der Waals surface area contributed by atoms with Gasteiger partial charge in [-0.05, 0) is 38.1 Å². The molecule has 0 atom stereocenters. The number of hydrogen-bond donors (Lipinski definition) is 2. The van der Waals surface area contributed by atoms with Crippen LogP contribution in [0.3, 0.4) is 0 Å². The van der Waals surface area contributed by atoms with Gasteiger partial charge in [-0.25, -0.2) is 5.43 Å². The first-order valence-corrected chi connectivity index (χ1v) is 5.55. The molecule has 0 fully saturated rings. The average Bonchev–Trinajstić information content (AvgIpc) is 2.32. The average molecular weight is 221 g/mol. The molecule has 1 aromatic rings. The lowest BCUT2D eigenvalue weighted by molar-refractivity contribution is 0.0938. The monoisotopic (exact) mass is 221 g/mol. The third-order valence-electron chi connectivity index (χ3n) is 2.50. The van der Waals surface area contributed by atoms with E-state index < -0.39 is 0 Å². The van der Waals surface area contributed by atoms with E-state index in [4.69, 9.17) is 0 Å². The zero-order chi connectivity index (χ0) is 12.0. The normalized spacial score (nSPS) is 9.94. The number of nitrogens with zero attached hydrogens (tertiary/aromatic N) is 1. The molecule has 0 saturated heterocycles. The van der Waals surface area contributed by atoms with Crippen molar-refractivity contribution < 1.29 is 4.79 Å². The van der Waals surface area contributed by atoms with E-state index in [0.29, 0.717) is 5.56 Å². The number of hydrazine groups is 1. The Balaban J connectivity index is 2.78. The zero-order valence-electron chi connectivity index (χ0n) is 10.1. The topological polar surface area (TPSA) is 44.4 Å². The number of amides is 1. The lowest BCUT2D eigenvalue weighted by atomic mass is 10.2. The first-order chi connectivity index (χ1) is 7.72. The van der Waals surface area contributed by atoms with Gasteiger partial charge in [-0.3, -0.25) is 10.2 Å². The van der Waals surface area contributed by atoms with Gasteiger partial charge in [0.15, 0.2) is 0 Å². The predicted molar refractivity (Wildman–Crippen MR) is 66.5 cm³/mol. The SMILES string of the molecule is CCN(CC)c1ccc(C(=O)NNC)cc1. The molecule has 4 heteroatoms. The molecule has 1 rings (SSSR count). The number of benzene rings is 1. The number of nitrogens with one attached hydrogen (secondary N) is 2. The summed E-state index contributed by atoms with van der Waals surface area (Å²) in [5.74, 6) is -0.117. The summed E-state index contributed by atoms with van der Waals surface area (Å²) in [5.41, 5.74) is 6.95. The predicted octanol–water partition coefficient (Wildman–Crippen LogP) is 1.40. The Morgan fingerprint density at radius 3 is 2.19 bits per heavy atom. The largest absolute Gasteiger partial charge is 0.372 e. The summed E-state index contributed by atoms with van der Waals surface area (Å²) in [5, 5.41) is 0. The van der Waals surface area contributed by atoms with E-state index in [-0.39, 0.29) is 5.91 Å². The van der Waals surface area contributed by atoms with Crippen molar-refractivity contribution in [3.05, 3.63) is 29.8 Å². The van der Waals surface area contributed by atoms with Crippen molar-refractivity contribution in [2.45, 2.75) is 13.8 Å². The van der Waals surface area contributed by atoms with Gasteiger partial charge in [0.1, 0.15) is 0 Å². The molecule has 1 aromatic carbocycles. The Bertz CT molecular complexity index is 331. The van der Waals surface area contributed by atoms with Gasteiger partial charge in [-0.2, -0.15) is 0 Å². The standard InChI is InChI=1S/C12H19N3O/c1-4-15(5-2)11-8-6-10(7-9-11)12(16)14-13-3/h6-9,13H,4-5H2,1-3H3,(H,14,16). The highest BCUT2D eigenvalue weighted by Gasteiger charge is 2.05. The van der Waals surface area contributed by atoms with E-state index >= 15 is 0 Å². The van der Waals surface area contributed by atoms with Crippen molar-refractivity contribution in [3.63, 3.8) is 0 Å². The summed E-state index contributed by atoms with van der Waals surface area (Å²) >= 11 is 0. The molecule has 0 unspecified atom stereocenters. The fraction of sp³-hybridized carbons (Fsp3) is 0.417. The number of carbonyl (C=O) groups excluding carboxylic acids is 1. The lowest BCUT2D eigenvalue weighted by Crippen LogP contribution is -2.34. The quantitative estimate of drug-likeness (QED) is 0.739. The molecule has 0 bridgehead atoms. The molecule has 0 aliphatic rings.